The van der Waals surface area contributed by atoms with Gasteiger partial charge in [0.05, 0.1) is 12.6 Å². The van der Waals surface area contributed by atoms with Gasteiger partial charge in [-0.2, -0.15) is 23.4 Å². The van der Waals surface area contributed by atoms with Crippen molar-refractivity contribution in [2.45, 2.75) is 38.1 Å². The summed E-state index contributed by atoms with van der Waals surface area (Å²) in [5, 5.41) is 13.7. The van der Waals surface area contributed by atoms with Crippen LogP contribution >= 0.6 is 11.6 Å². The summed E-state index contributed by atoms with van der Waals surface area (Å²) in [6.07, 6.45) is -3.17. The number of anilines is 2. The highest BCUT2D eigenvalue weighted by Gasteiger charge is 2.47. The first kappa shape index (κ1) is 23.9. The molecular formula is C25H22ClF3N6O. The minimum Gasteiger partial charge on any atom is -0.362 e. The Hall–Kier alpha value is -3.79. The normalized spacial score (nSPS) is 17.4. The molecule has 2 atom stereocenters. The van der Waals surface area contributed by atoms with Gasteiger partial charge >= 0.3 is 6.18 Å². The van der Waals surface area contributed by atoms with Crippen LogP contribution in [-0.2, 0) is 6.54 Å². The van der Waals surface area contributed by atoms with Gasteiger partial charge in [0.2, 0.25) is 0 Å². The molecule has 1 aliphatic heterocycles. The second-order valence-corrected chi connectivity index (χ2v) is 9.01. The van der Waals surface area contributed by atoms with Crippen molar-refractivity contribution >= 4 is 29.1 Å². The molecule has 7 nitrogen and oxygen atoms in total. The zero-order chi connectivity index (χ0) is 25.4. The van der Waals surface area contributed by atoms with Crippen molar-refractivity contribution in [1.29, 1.82) is 0 Å². The summed E-state index contributed by atoms with van der Waals surface area (Å²) in [7, 11) is 0. The molecule has 4 aromatic rings. The molecule has 186 valence electrons. The van der Waals surface area contributed by atoms with E-state index in [9.17, 15) is 18.0 Å². The van der Waals surface area contributed by atoms with Gasteiger partial charge in [-0.1, -0.05) is 66.2 Å². The maximum absolute atomic E-state index is 14.0. The van der Waals surface area contributed by atoms with Crippen LogP contribution in [0.3, 0.4) is 0 Å². The molecule has 0 unspecified atom stereocenters. The quantitative estimate of drug-likeness (QED) is 0.342. The van der Waals surface area contributed by atoms with Crippen LogP contribution in [0.15, 0.2) is 66.9 Å². The van der Waals surface area contributed by atoms with Gasteiger partial charge in [0.25, 0.3) is 5.91 Å². The molecule has 0 saturated heterocycles. The van der Waals surface area contributed by atoms with Gasteiger partial charge in [0.15, 0.2) is 17.6 Å². The third kappa shape index (κ3) is 4.68. The fraction of sp³-hybridized carbons (Fsp3) is 0.240. The smallest absolute Gasteiger partial charge is 0.362 e. The second kappa shape index (κ2) is 9.34. The first-order valence-electron chi connectivity index (χ1n) is 11.3. The third-order valence-corrected chi connectivity index (χ3v) is 6.55. The van der Waals surface area contributed by atoms with Crippen LogP contribution < -0.4 is 10.6 Å². The van der Waals surface area contributed by atoms with E-state index in [-0.39, 0.29) is 28.8 Å². The predicted octanol–water partition coefficient (Wildman–Crippen LogP) is 6.00. The van der Waals surface area contributed by atoms with Gasteiger partial charge in [0, 0.05) is 18.7 Å². The van der Waals surface area contributed by atoms with E-state index in [0.717, 1.165) is 15.8 Å². The summed E-state index contributed by atoms with van der Waals surface area (Å²) in [5.74, 6) is -0.561. The van der Waals surface area contributed by atoms with Crippen LogP contribution in [0.4, 0.5) is 24.8 Å². The number of amides is 1. The molecule has 1 aliphatic rings. The van der Waals surface area contributed by atoms with Gasteiger partial charge in [-0.15, -0.1) is 0 Å². The van der Waals surface area contributed by atoms with Crippen molar-refractivity contribution in [3.63, 3.8) is 0 Å². The number of hydrogen-bond acceptors (Lipinski definition) is 4. The molecule has 11 heteroatoms. The SMILES string of the molecule is Cc1ccccc1Cn1ccc(NC(=O)c2nn3c(c2Cl)N[C@H](c2ccccc2)C[C@@H]3C(F)(F)F)n1. The van der Waals surface area contributed by atoms with Gasteiger partial charge in [-0.3, -0.25) is 9.48 Å². The molecule has 2 aromatic heterocycles. The van der Waals surface area contributed by atoms with E-state index in [1.807, 2.05) is 31.2 Å². The second-order valence-electron chi connectivity index (χ2n) is 8.64. The van der Waals surface area contributed by atoms with Crippen LogP contribution in [0.1, 0.15) is 45.7 Å². The van der Waals surface area contributed by atoms with E-state index in [0.29, 0.717) is 12.1 Å². The summed E-state index contributed by atoms with van der Waals surface area (Å²) in [6.45, 7) is 2.49. The molecule has 0 spiro atoms. The third-order valence-electron chi connectivity index (χ3n) is 6.19. The van der Waals surface area contributed by atoms with Gasteiger partial charge in [-0.05, 0) is 23.6 Å². The number of halogens is 4. The Morgan fingerprint density at radius 1 is 1.11 bits per heavy atom. The maximum Gasteiger partial charge on any atom is 0.410 e. The van der Waals surface area contributed by atoms with Crippen LogP contribution in [-0.4, -0.2) is 31.6 Å². The summed E-state index contributed by atoms with van der Waals surface area (Å²) < 4.78 is 44.3. The molecule has 0 bridgehead atoms. The lowest BCUT2D eigenvalue weighted by Crippen LogP contribution is -2.35. The highest BCUT2D eigenvalue weighted by Crippen LogP contribution is 2.46. The number of nitrogens with one attached hydrogen (secondary N) is 2. The molecule has 3 heterocycles. The molecule has 0 saturated carbocycles. The lowest BCUT2D eigenvalue weighted by molar-refractivity contribution is -0.173. The molecule has 0 aliphatic carbocycles. The zero-order valence-corrected chi connectivity index (χ0v) is 19.9. The Kier molecular flexibility index (Phi) is 6.21. The first-order chi connectivity index (χ1) is 17.2. The van der Waals surface area contributed by atoms with E-state index in [4.69, 9.17) is 11.6 Å². The number of nitrogens with zero attached hydrogens (tertiary/aromatic N) is 4. The highest BCUT2D eigenvalue weighted by molar-refractivity contribution is 6.36. The minimum atomic E-state index is -4.58. The standard InChI is InChI=1S/C25H22ClF3N6O/c1-15-7-5-6-10-17(15)14-34-12-11-20(32-34)31-24(36)22-21(26)23-30-18(16-8-3-2-4-9-16)13-19(25(27,28)29)35(23)33-22/h2-12,18-19,30H,13-14H2,1H3,(H,31,32,36)/t18-,19+/m0/s1. The van der Waals surface area contributed by atoms with Crippen molar-refractivity contribution < 1.29 is 18.0 Å². The minimum absolute atomic E-state index is 0.0469. The Morgan fingerprint density at radius 3 is 2.56 bits per heavy atom. The van der Waals surface area contributed by atoms with E-state index in [1.54, 1.807) is 47.3 Å². The maximum atomic E-state index is 14.0. The molecule has 0 radical (unpaired) electrons. The fourth-order valence-electron chi connectivity index (χ4n) is 4.29. The van der Waals surface area contributed by atoms with Crippen LogP contribution in [0.25, 0.3) is 0 Å². The van der Waals surface area contributed by atoms with Gasteiger partial charge < -0.3 is 10.6 Å². The first-order valence-corrected chi connectivity index (χ1v) is 11.6. The molecule has 2 aromatic carbocycles. The number of carbonyl (C=O) groups excluding carboxylic acids is 1. The lowest BCUT2D eigenvalue weighted by Gasteiger charge is -2.33. The Balaban J connectivity index is 1.39. The van der Waals surface area contributed by atoms with E-state index in [2.05, 4.69) is 20.8 Å². The molecule has 36 heavy (non-hydrogen) atoms. The summed E-state index contributed by atoms with van der Waals surface area (Å²) in [6, 6.07) is 15.7. The summed E-state index contributed by atoms with van der Waals surface area (Å²) >= 11 is 6.40. The van der Waals surface area contributed by atoms with E-state index < -0.39 is 24.2 Å². The van der Waals surface area contributed by atoms with Crippen molar-refractivity contribution in [3.8, 4) is 0 Å². The average Bonchev–Trinajstić information content (AvgIpc) is 3.43. The molecular weight excluding hydrogens is 493 g/mol. The monoisotopic (exact) mass is 514 g/mol. The topological polar surface area (TPSA) is 76.8 Å². The number of rotatable bonds is 5. The van der Waals surface area contributed by atoms with Gasteiger partial charge in [0.1, 0.15) is 10.8 Å². The largest absolute Gasteiger partial charge is 0.410 e. The number of carbonyl (C=O) groups is 1. The summed E-state index contributed by atoms with van der Waals surface area (Å²) in [5.41, 5.74) is 2.55. The van der Waals surface area contributed by atoms with Crippen LogP contribution in [0.5, 0.6) is 0 Å². The fourth-order valence-corrected chi connectivity index (χ4v) is 4.56. The molecule has 5 rings (SSSR count). The lowest BCUT2D eigenvalue weighted by atomic mass is 9.97. The number of aryl methyl sites for hydroxylation is 1. The number of hydrogen-bond donors (Lipinski definition) is 2. The van der Waals surface area contributed by atoms with Crippen LogP contribution in [0.2, 0.25) is 5.02 Å². The van der Waals surface area contributed by atoms with E-state index in [1.165, 1.54) is 0 Å². The highest BCUT2D eigenvalue weighted by atomic mass is 35.5. The van der Waals surface area contributed by atoms with Gasteiger partial charge in [-0.25, -0.2) is 4.68 Å². The Bertz CT molecular complexity index is 1400. The number of benzene rings is 2. The number of fused-ring (bicyclic) bond motifs is 1. The molecule has 1 amide bonds. The molecule has 0 fully saturated rings. The van der Waals surface area contributed by atoms with Crippen molar-refractivity contribution in [2.75, 3.05) is 10.6 Å². The van der Waals surface area contributed by atoms with Crippen LogP contribution in [0, 0.1) is 6.92 Å². The Morgan fingerprint density at radius 2 is 1.83 bits per heavy atom. The predicted molar refractivity (Wildman–Crippen MR) is 130 cm³/mol. The Labute approximate surface area is 209 Å². The van der Waals surface area contributed by atoms with Crippen molar-refractivity contribution in [2.24, 2.45) is 0 Å². The zero-order valence-electron chi connectivity index (χ0n) is 19.1. The van der Waals surface area contributed by atoms with E-state index >= 15 is 0 Å². The molecule has 2 N–H and O–H groups in total. The van der Waals surface area contributed by atoms with Crippen molar-refractivity contribution in [1.82, 2.24) is 19.6 Å². The summed E-state index contributed by atoms with van der Waals surface area (Å²) in [4.78, 5) is 13.0. The van der Waals surface area contributed by atoms with Crippen molar-refractivity contribution in [3.05, 3.63) is 94.3 Å². The number of aromatic nitrogens is 4. The average molecular weight is 515 g/mol. The number of alkyl halides is 3.